The molecule has 0 saturated heterocycles. The van der Waals surface area contributed by atoms with E-state index in [1.165, 1.54) is 0 Å². The van der Waals surface area contributed by atoms with Crippen molar-refractivity contribution in [2.45, 2.75) is 17.7 Å². The molecule has 16 heavy (non-hydrogen) atoms. The highest BCUT2D eigenvalue weighted by Gasteiger charge is 2.10. The van der Waals surface area contributed by atoms with Gasteiger partial charge in [-0.25, -0.2) is 0 Å². The number of hydrogen-bond donors (Lipinski definition) is 0. The summed E-state index contributed by atoms with van der Waals surface area (Å²) < 4.78 is 18.0. The molecule has 0 bridgehead atoms. The summed E-state index contributed by atoms with van der Waals surface area (Å²) in [6, 6.07) is 7.45. The molecule has 3 nitrogen and oxygen atoms in total. The number of rotatable bonds is 5. The minimum absolute atomic E-state index is 0.433. The Labute approximate surface area is 106 Å². The van der Waals surface area contributed by atoms with Gasteiger partial charge in [-0.05, 0) is 24.6 Å². The SMILES string of the molecule is COc1ccc(Br)cc1[S@](=O)CCCC#N. The predicted octanol–water partition coefficient (Wildman–Crippen LogP) is 2.87. The van der Waals surface area contributed by atoms with Crippen LogP contribution in [-0.4, -0.2) is 17.1 Å². The van der Waals surface area contributed by atoms with Gasteiger partial charge in [0.05, 0.1) is 28.9 Å². The van der Waals surface area contributed by atoms with Crippen molar-refractivity contribution in [1.29, 1.82) is 5.26 Å². The first-order valence-electron chi connectivity index (χ1n) is 4.78. The van der Waals surface area contributed by atoms with Crippen LogP contribution in [0, 0.1) is 11.3 Å². The van der Waals surface area contributed by atoms with E-state index >= 15 is 0 Å². The molecule has 0 heterocycles. The highest BCUT2D eigenvalue weighted by molar-refractivity contribution is 9.10. The first kappa shape index (κ1) is 13.2. The van der Waals surface area contributed by atoms with Gasteiger partial charge in [-0.2, -0.15) is 5.26 Å². The van der Waals surface area contributed by atoms with Crippen LogP contribution in [0.4, 0.5) is 0 Å². The molecule has 0 saturated carbocycles. The van der Waals surface area contributed by atoms with Gasteiger partial charge >= 0.3 is 0 Å². The van der Waals surface area contributed by atoms with Gasteiger partial charge in [0.15, 0.2) is 0 Å². The standard InChI is InChI=1S/C11H12BrNO2S/c1-15-10-5-4-9(12)8-11(10)16(14)7-3-2-6-13/h4-5,8H,2-3,7H2,1H3/t16-/m1/s1. The van der Waals surface area contributed by atoms with Crippen LogP contribution in [0.5, 0.6) is 5.75 Å². The Morgan fingerprint density at radius 1 is 1.56 bits per heavy atom. The highest BCUT2D eigenvalue weighted by Crippen LogP contribution is 2.26. The molecule has 0 aromatic heterocycles. The second-order valence-electron chi connectivity index (χ2n) is 3.11. The molecule has 86 valence electrons. The van der Waals surface area contributed by atoms with Crippen LogP contribution >= 0.6 is 15.9 Å². The van der Waals surface area contributed by atoms with Crippen molar-refractivity contribution in [2.24, 2.45) is 0 Å². The van der Waals surface area contributed by atoms with Crippen molar-refractivity contribution in [3.8, 4) is 11.8 Å². The Kier molecular flexibility index (Phi) is 5.50. The quantitative estimate of drug-likeness (QED) is 0.786. The molecule has 0 fully saturated rings. The fraction of sp³-hybridized carbons (Fsp3) is 0.364. The predicted molar refractivity (Wildman–Crippen MR) is 66.8 cm³/mol. The van der Waals surface area contributed by atoms with Gasteiger partial charge in [0.1, 0.15) is 5.75 Å². The lowest BCUT2D eigenvalue weighted by atomic mass is 10.3. The third-order valence-corrected chi connectivity index (χ3v) is 3.95. The highest BCUT2D eigenvalue weighted by atomic mass is 79.9. The lowest BCUT2D eigenvalue weighted by Gasteiger charge is -2.08. The van der Waals surface area contributed by atoms with E-state index in [0.29, 0.717) is 29.2 Å². The minimum Gasteiger partial charge on any atom is -0.495 e. The Balaban J connectivity index is 2.81. The van der Waals surface area contributed by atoms with Gasteiger partial charge in [-0.1, -0.05) is 15.9 Å². The van der Waals surface area contributed by atoms with Gasteiger partial charge in [-0.15, -0.1) is 0 Å². The van der Waals surface area contributed by atoms with E-state index in [1.54, 1.807) is 19.2 Å². The van der Waals surface area contributed by atoms with Crippen LogP contribution in [0.15, 0.2) is 27.6 Å². The fourth-order valence-electron chi connectivity index (χ4n) is 1.22. The lowest BCUT2D eigenvalue weighted by molar-refractivity contribution is 0.404. The molecular weight excluding hydrogens is 290 g/mol. The summed E-state index contributed by atoms with van der Waals surface area (Å²) in [7, 11) is 0.442. The molecule has 0 N–H and O–H groups in total. The number of nitriles is 1. The number of ether oxygens (including phenoxy) is 1. The number of hydrogen-bond acceptors (Lipinski definition) is 3. The van der Waals surface area contributed by atoms with E-state index in [4.69, 9.17) is 10.00 Å². The maximum Gasteiger partial charge on any atom is 0.135 e. The third-order valence-electron chi connectivity index (χ3n) is 1.99. The zero-order valence-electron chi connectivity index (χ0n) is 8.90. The Morgan fingerprint density at radius 3 is 2.94 bits per heavy atom. The zero-order chi connectivity index (χ0) is 12.0. The van der Waals surface area contributed by atoms with Gasteiger partial charge in [-0.3, -0.25) is 4.21 Å². The van der Waals surface area contributed by atoms with Crippen molar-refractivity contribution in [3.63, 3.8) is 0 Å². The van der Waals surface area contributed by atoms with Crippen LogP contribution in [0.25, 0.3) is 0 Å². The molecule has 1 aromatic rings. The summed E-state index contributed by atoms with van der Waals surface area (Å²) in [4.78, 5) is 0.676. The molecule has 0 aliphatic rings. The van der Waals surface area contributed by atoms with E-state index < -0.39 is 10.8 Å². The van der Waals surface area contributed by atoms with E-state index in [0.717, 1.165) is 4.47 Å². The second-order valence-corrected chi connectivity index (χ2v) is 5.56. The minimum atomic E-state index is -1.11. The van der Waals surface area contributed by atoms with E-state index in [1.807, 2.05) is 12.1 Å². The number of unbranched alkanes of at least 4 members (excludes halogenated alkanes) is 1. The molecule has 0 spiro atoms. The second kappa shape index (κ2) is 6.66. The maximum absolute atomic E-state index is 12.0. The van der Waals surface area contributed by atoms with Gasteiger partial charge in [0.2, 0.25) is 0 Å². The Morgan fingerprint density at radius 2 is 2.31 bits per heavy atom. The number of methoxy groups -OCH3 is 1. The molecule has 0 amide bonds. The molecule has 5 heteroatoms. The Hall–Kier alpha value is -0.860. The van der Waals surface area contributed by atoms with Gasteiger partial charge in [0.25, 0.3) is 0 Å². The average molecular weight is 302 g/mol. The molecule has 1 aromatic carbocycles. The van der Waals surface area contributed by atoms with Crippen molar-refractivity contribution in [1.82, 2.24) is 0 Å². The average Bonchev–Trinajstić information content (AvgIpc) is 2.29. The summed E-state index contributed by atoms with van der Waals surface area (Å²) in [5.41, 5.74) is 0. The largest absolute Gasteiger partial charge is 0.495 e. The van der Waals surface area contributed by atoms with Crippen molar-refractivity contribution in [3.05, 3.63) is 22.7 Å². The molecule has 0 aliphatic heterocycles. The molecule has 0 radical (unpaired) electrons. The monoisotopic (exact) mass is 301 g/mol. The maximum atomic E-state index is 12.0. The van der Waals surface area contributed by atoms with Gasteiger partial charge in [0, 0.05) is 16.6 Å². The smallest absolute Gasteiger partial charge is 0.135 e. The van der Waals surface area contributed by atoms with Crippen LogP contribution in [-0.2, 0) is 10.8 Å². The normalized spacial score (nSPS) is 11.8. The van der Waals surface area contributed by atoms with Crippen molar-refractivity contribution < 1.29 is 8.95 Å². The molecule has 0 unspecified atom stereocenters. The summed E-state index contributed by atoms with van der Waals surface area (Å²) in [6.07, 6.45) is 1.07. The van der Waals surface area contributed by atoms with Crippen LogP contribution in [0.3, 0.4) is 0 Å². The topological polar surface area (TPSA) is 50.1 Å². The molecule has 0 aliphatic carbocycles. The van der Waals surface area contributed by atoms with E-state index in [-0.39, 0.29) is 0 Å². The summed E-state index contributed by atoms with van der Waals surface area (Å²) >= 11 is 3.33. The van der Waals surface area contributed by atoms with Crippen molar-refractivity contribution in [2.75, 3.05) is 12.9 Å². The van der Waals surface area contributed by atoms with Gasteiger partial charge < -0.3 is 4.74 Å². The molecule has 1 atom stereocenters. The van der Waals surface area contributed by atoms with Crippen LogP contribution in [0.2, 0.25) is 0 Å². The molecular formula is C11H12BrNO2S. The lowest BCUT2D eigenvalue weighted by Crippen LogP contribution is -2.00. The van der Waals surface area contributed by atoms with E-state index in [2.05, 4.69) is 15.9 Å². The first-order chi connectivity index (χ1) is 7.69. The first-order valence-corrected chi connectivity index (χ1v) is 6.89. The Bertz CT molecular complexity index is 428. The van der Waals surface area contributed by atoms with Crippen molar-refractivity contribution >= 4 is 26.7 Å². The number of benzene rings is 1. The zero-order valence-corrected chi connectivity index (χ0v) is 11.3. The summed E-state index contributed by atoms with van der Waals surface area (Å²) in [5.74, 6) is 1.11. The summed E-state index contributed by atoms with van der Waals surface area (Å²) in [6.45, 7) is 0. The number of halogens is 1. The third kappa shape index (κ3) is 3.62. The van der Waals surface area contributed by atoms with Crippen LogP contribution in [0.1, 0.15) is 12.8 Å². The molecule has 1 rings (SSSR count). The van der Waals surface area contributed by atoms with Crippen LogP contribution < -0.4 is 4.74 Å². The summed E-state index contributed by atoms with van der Waals surface area (Å²) in [5, 5.41) is 8.41. The number of nitrogens with zero attached hydrogens (tertiary/aromatic N) is 1. The fourth-order valence-corrected chi connectivity index (χ4v) is 2.99. The van der Waals surface area contributed by atoms with E-state index in [9.17, 15) is 4.21 Å².